The Hall–Kier alpha value is -3.15. The van der Waals surface area contributed by atoms with E-state index in [4.69, 9.17) is 15.3 Å². The molecule has 0 saturated heterocycles. The number of hydrogen-bond donors (Lipinski definition) is 2. The average Bonchev–Trinajstić information content (AvgIpc) is 2.79. The van der Waals surface area contributed by atoms with Crippen molar-refractivity contribution in [1.29, 1.82) is 0 Å². The smallest absolute Gasteiger partial charge is 0.308 e. The third-order valence-corrected chi connectivity index (χ3v) is 4.49. The quantitative estimate of drug-likeness (QED) is 0.544. The number of amides is 1. The van der Waals surface area contributed by atoms with Gasteiger partial charge in [0.25, 0.3) is 0 Å². The van der Waals surface area contributed by atoms with Crippen molar-refractivity contribution in [3.8, 4) is 11.1 Å². The minimum atomic E-state index is -3.44. The molecule has 2 atom stereocenters. The topological polar surface area (TPSA) is 92.7 Å². The summed E-state index contributed by atoms with van der Waals surface area (Å²) in [5.74, 6) is -4.59. The molecule has 2 N–H and O–H groups in total. The zero-order valence-electron chi connectivity index (χ0n) is 21.1. The molecule has 2 aromatic carbocycles. The predicted molar refractivity (Wildman–Crippen MR) is 115 cm³/mol. The molecule has 0 bridgehead atoms. The summed E-state index contributed by atoms with van der Waals surface area (Å²) in [7, 11) is 0. The van der Waals surface area contributed by atoms with Gasteiger partial charge in [-0.1, -0.05) is 61.5 Å². The Morgan fingerprint density at radius 2 is 1.67 bits per heavy atom. The molecule has 0 unspecified atom stereocenters. The zero-order chi connectivity index (χ0) is 25.5. The number of carbonyl (C=O) groups excluding carboxylic acids is 2. The van der Waals surface area contributed by atoms with Crippen molar-refractivity contribution in [3.63, 3.8) is 0 Å². The monoisotopic (exact) mass is 415 g/mol. The predicted octanol–water partition coefficient (Wildman–Crippen LogP) is 3.84. The molecule has 0 saturated carbocycles. The molecule has 0 aliphatic carbocycles. The van der Waals surface area contributed by atoms with Crippen molar-refractivity contribution < 1.29 is 29.7 Å². The third-order valence-electron chi connectivity index (χ3n) is 4.49. The van der Waals surface area contributed by atoms with Gasteiger partial charge in [-0.15, -0.1) is 0 Å². The lowest BCUT2D eigenvalue weighted by atomic mass is 9.94. The average molecular weight is 416 g/mol. The number of nitrogens with one attached hydrogen (secondary N) is 1. The van der Waals surface area contributed by atoms with E-state index in [-0.39, 0.29) is 19.4 Å². The molecular formula is C24H29NO5. The highest BCUT2D eigenvalue weighted by Gasteiger charge is 2.22. The SMILES string of the molecule is [2H]C([2H])(C(=O)O)C([2H])([2H])C(=O)N[C@@H](Cc1ccc(-c2ccccc2)cc1)C[C@@H](C)C(=O)OCC. The zero-order valence-corrected chi connectivity index (χ0v) is 17.1. The second-order valence-corrected chi connectivity index (χ2v) is 6.88. The van der Waals surface area contributed by atoms with Gasteiger partial charge in [-0.3, -0.25) is 14.4 Å². The number of esters is 1. The van der Waals surface area contributed by atoms with E-state index in [0.29, 0.717) is 0 Å². The van der Waals surface area contributed by atoms with E-state index >= 15 is 0 Å². The molecule has 0 aliphatic heterocycles. The largest absolute Gasteiger partial charge is 0.481 e. The maximum absolute atomic E-state index is 12.6. The van der Waals surface area contributed by atoms with Crippen molar-refractivity contribution in [2.24, 2.45) is 5.92 Å². The van der Waals surface area contributed by atoms with Gasteiger partial charge in [-0.25, -0.2) is 0 Å². The van der Waals surface area contributed by atoms with Crippen molar-refractivity contribution in [2.45, 2.75) is 45.5 Å². The second-order valence-electron chi connectivity index (χ2n) is 6.88. The van der Waals surface area contributed by atoms with Gasteiger partial charge in [-0.2, -0.15) is 0 Å². The number of ether oxygens (including phenoxy) is 1. The highest BCUT2D eigenvalue weighted by Crippen LogP contribution is 2.21. The van der Waals surface area contributed by atoms with Crippen LogP contribution >= 0.6 is 0 Å². The Balaban J connectivity index is 2.24. The van der Waals surface area contributed by atoms with Crippen LogP contribution in [0, 0.1) is 5.92 Å². The Bertz CT molecular complexity index is 996. The highest BCUT2D eigenvalue weighted by atomic mass is 16.5. The number of carboxylic acids is 1. The number of carbonyl (C=O) groups is 3. The van der Waals surface area contributed by atoms with Gasteiger partial charge in [0.15, 0.2) is 0 Å². The lowest BCUT2D eigenvalue weighted by Crippen LogP contribution is -2.39. The van der Waals surface area contributed by atoms with Crippen molar-refractivity contribution in [1.82, 2.24) is 5.32 Å². The summed E-state index contributed by atoms with van der Waals surface area (Å²) < 4.78 is 35.6. The molecule has 0 aromatic heterocycles. The standard InChI is InChI=1S/C24H29NO5/c1-3-30-24(29)17(2)15-21(25-22(26)13-14-23(27)28)16-18-9-11-20(12-10-18)19-7-5-4-6-8-19/h4-12,17,21H,3,13-16H2,1-2H3,(H,25,26)(H,27,28)/t17-,21-/m1/s1/i13D2,14D2. The van der Waals surface area contributed by atoms with Gasteiger partial charge in [0, 0.05) is 17.9 Å². The normalized spacial score (nSPS) is 15.5. The molecular weight excluding hydrogens is 382 g/mol. The van der Waals surface area contributed by atoms with Gasteiger partial charge in [0.2, 0.25) is 5.91 Å². The molecule has 0 aliphatic rings. The Morgan fingerprint density at radius 1 is 1.03 bits per heavy atom. The van der Waals surface area contributed by atoms with Gasteiger partial charge in [0.1, 0.15) is 0 Å². The van der Waals surface area contributed by atoms with Crippen LogP contribution in [0.1, 0.15) is 44.1 Å². The van der Waals surface area contributed by atoms with Crippen molar-refractivity contribution >= 4 is 17.8 Å². The van der Waals surface area contributed by atoms with Crippen LogP contribution in [-0.4, -0.2) is 35.6 Å². The van der Waals surface area contributed by atoms with E-state index in [9.17, 15) is 14.4 Å². The second kappa shape index (κ2) is 11.8. The number of rotatable bonds is 11. The summed E-state index contributed by atoms with van der Waals surface area (Å²) in [5, 5.41) is 11.5. The number of hydrogen-bond acceptors (Lipinski definition) is 4. The number of benzene rings is 2. The van der Waals surface area contributed by atoms with Crippen LogP contribution in [0.25, 0.3) is 11.1 Å². The van der Waals surface area contributed by atoms with Crippen LogP contribution in [0.3, 0.4) is 0 Å². The molecule has 2 rings (SSSR count). The summed E-state index contributed by atoms with van der Waals surface area (Å²) in [5.41, 5.74) is 2.80. The lowest BCUT2D eigenvalue weighted by Gasteiger charge is -2.22. The molecule has 0 spiro atoms. The minimum absolute atomic E-state index is 0.0944. The van der Waals surface area contributed by atoms with E-state index in [1.807, 2.05) is 54.6 Å². The van der Waals surface area contributed by atoms with E-state index in [0.717, 1.165) is 16.7 Å². The van der Waals surface area contributed by atoms with E-state index in [2.05, 4.69) is 5.32 Å². The molecule has 160 valence electrons. The third kappa shape index (κ3) is 7.70. The summed E-state index contributed by atoms with van der Waals surface area (Å²) in [6.45, 7) is 3.46. The highest BCUT2D eigenvalue weighted by molar-refractivity contribution is 5.81. The Labute approximate surface area is 182 Å². The van der Waals surface area contributed by atoms with Crippen LogP contribution in [0.5, 0.6) is 0 Å². The fraction of sp³-hybridized carbons (Fsp3) is 0.375. The molecule has 6 heteroatoms. The summed E-state index contributed by atoms with van der Waals surface area (Å²) in [6, 6.07) is 16.4. The first kappa shape index (κ1) is 17.7. The number of carboxylic acid groups (broad SMARTS) is 1. The maximum atomic E-state index is 12.6. The van der Waals surface area contributed by atoms with Crippen LogP contribution < -0.4 is 5.32 Å². The summed E-state index contributed by atoms with van der Waals surface area (Å²) in [4.78, 5) is 35.9. The van der Waals surface area contributed by atoms with Gasteiger partial charge in [-0.05, 0) is 36.5 Å². The molecule has 2 aromatic rings. The molecule has 6 nitrogen and oxygen atoms in total. The van der Waals surface area contributed by atoms with Crippen LogP contribution in [0.4, 0.5) is 0 Å². The fourth-order valence-electron chi connectivity index (χ4n) is 3.08. The fourth-order valence-corrected chi connectivity index (χ4v) is 3.08. The van der Waals surface area contributed by atoms with Crippen LogP contribution in [0.15, 0.2) is 54.6 Å². The van der Waals surface area contributed by atoms with Gasteiger partial charge < -0.3 is 15.2 Å². The molecule has 0 radical (unpaired) electrons. The van der Waals surface area contributed by atoms with Gasteiger partial charge >= 0.3 is 11.9 Å². The van der Waals surface area contributed by atoms with Crippen molar-refractivity contribution in [2.75, 3.05) is 6.61 Å². The maximum Gasteiger partial charge on any atom is 0.308 e. The lowest BCUT2D eigenvalue weighted by molar-refractivity contribution is -0.148. The molecule has 30 heavy (non-hydrogen) atoms. The van der Waals surface area contributed by atoms with Gasteiger partial charge in [0.05, 0.1) is 18.9 Å². The molecule has 0 fully saturated rings. The van der Waals surface area contributed by atoms with E-state index < -0.39 is 42.6 Å². The van der Waals surface area contributed by atoms with Crippen LogP contribution in [0.2, 0.25) is 0 Å². The minimum Gasteiger partial charge on any atom is -0.481 e. The molecule has 1 amide bonds. The summed E-state index contributed by atoms with van der Waals surface area (Å²) in [6.07, 6.45) is -6.46. The Kier molecular flexibility index (Phi) is 6.93. The van der Waals surface area contributed by atoms with Crippen LogP contribution in [-0.2, 0) is 25.5 Å². The first-order chi connectivity index (χ1) is 15.9. The first-order valence-corrected chi connectivity index (χ1v) is 9.75. The van der Waals surface area contributed by atoms with E-state index in [1.54, 1.807) is 13.8 Å². The summed E-state index contributed by atoms with van der Waals surface area (Å²) >= 11 is 0. The van der Waals surface area contributed by atoms with E-state index in [1.165, 1.54) is 0 Å². The Morgan fingerprint density at radius 3 is 2.27 bits per heavy atom. The number of aliphatic carboxylic acids is 1. The molecule has 0 heterocycles. The first-order valence-electron chi connectivity index (χ1n) is 11.8. The van der Waals surface area contributed by atoms with Crippen molar-refractivity contribution in [3.05, 3.63) is 60.2 Å².